The van der Waals surface area contributed by atoms with E-state index in [1.54, 1.807) is 29.2 Å². The molecule has 2 unspecified atom stereocenters. The summed E-state index contributed by atoms with van der Waals surface area (Å²) in [5.74, 6) is 0.709. The number of nitrogens with zero attached hydrogens (tertiary/aromatic N) is 2. The fourth-order valence-corrected chi connectivity index (χ4v) is 3.22. The number of aliphatic hydroxyl groups excluding tert-OH is 1. The van der Waals surface area contributed by atoms with E-state index in [4.69, 9.17) is 40.2 Å². The molecule has 1 aromatic carbocycles. The molecule has 2 atom stereocenters. The average molecular weight is 404 g/mol. The van der Waals surface area contributed by atoms with Crippen molar-refractivity contribution in [3.8, 4) is 5.75 Å². The van der Waals surface area contributed by atoms with Crippen LogP contribution in [0.1, 0.15) is 39.2 Å². The highest BCUT2D eigenvalue weighted by atomic mass is 35.5. The number of benzene rings is 1. The summed E-state index contributed by atoms with van der Waals surface area (Å²) in [6.45, 7) is 4.50. The molecule has 2 rings (SSSR count). The molecule has 0 aliphatic rings. The highest BCUT2D eigenvalue weighted by Gasteiger charge is 2.24. The topological polar surface area (TPSA) is 63.1 Å². The zero-order valence-corrected chi connectivity index (χ0v) is 16.6. The van der Waals surface area contributed by atoms with Gasteiger partial charge in [-0.25, -0.2) is 4.98 Å². The molecule has 0 aliphatic carbocycles. The van der Waals surface area contributed by atoms with Crippen molar-refractivity contribution in [2.45, 2.75) is 45.3 Å². The first-order valence-electron chi connectivity index (χ1n) is 8.28. The van der Waals surface area contributed by atoms with Gasteiger partial charge in [0, 0.05) is 0 Å². The second-order valence-electron chi connectivity index (χ2n) is 6.24. The van der Waals surface area contributed by atoms with Gasteiger partial charge in [-0.15, -0.1) is 0 Å². The number of aliphatic hydroxyl groups is 1. The van der Waals surface area contributed by atoms with Gasteiger partial charge in [-0.2, -0.15) is 0 Å². The Kier molecular flexibility index (Phi) is 7.75. The molecule has 138 valence electrons. The lowest BCUT2D eigenvalue weighted by molar-refractivity contribution is 0.0574. The number of halogens is 2. The van der Waals surface area contributed by atoms with Crippen LogP contribution >= 0.6 is 35.4 Å². The Labute approximate surface area is 162 Å². The zero-order valence-electron chi connectivity index (χ0n) is 14.3. The Hall–Kier alpha value is -1.08. The van der Waals surface area contributed by atoms with Crippen LogP contribution in [0.4, 0.5) is 0 Å². The molecule has 2 aromatic rings. The highest BCUT2D eigenvalue weighted by molar-refractivity contribution is 7.71. The van der Waals surface area contributed by atoms with Crippen molar-refractivity contribution >= 4 is 35.4 Å². The van der Waals surface area contributed by atoms with Gasteiger partial charge in [-0.1, -0.05) is 43.1 Å². The van der Waals surface area contributed by atoms with Crippen molar-refractivity contribution in [2.24, 2.45) is 5.92 Å². The van der Waals surface area contributed by atoms with Gasteiger partial charge in [-0.05, 0) is 49.5 Å². The van der Waals surface area contributed by atoms with Gasteiger partial charge < -0.3 is 9.84 Å². The van der Waals surface area contributed by atoms with Crippen molar-refractivity contribution in [3.63, 3.8) is 0 Å². The summed E-state index contributed by atoms with van der Waals surface area (Å²) in [5, 5.41) is 14.4. The number of aromatic nitrogens is 3. The lowest BCUT2D eigenvalue weighted by Crippen LogP contribution is -2.29. The maximum Gasteiger partial charge on any atom is 0.216 e. The number of rotatable bonds is 9. The Balaban J connectivity index is 1.88. The minimum atomic E-state index is -0.504. The van der Waals surface area contributed by atoms with Crippen LogP contribution in [0.25, 0.3) is 0 Å². The van der Waals surface area contributed by atoms with Crippen molar-refractivity contribution in [1.29, 1.82) is 0 Å². The van der Waals surface area contributed by atoms with Gasteiger partial charge in [0.1, 0.15) is 17.1 Å². The van der Waals surface area contributed by atoms with E-state index in [1.807, 2.05) is 13.8 Å². The van der Waals surface area contributed by atoms with E-state index in [9.17, 15) is 5.11 Å². The summed E-state index contributed by atoms with van der Waals surface area (Å²) in [5.41, 5.74) is 0. The van der Waals surface area contributed by atoms with E-state index >= 15 is 0 Å². The van der Waals surface area contributed by atoms with Gasteiger partial charge in [0.2, 0.25) is 4.77 Å². The predicted octanol–water partition coefficient (Wildman–Crippen LogP) is 5.05. The largest absolute Gasteiger partial charge is 0.492 e. The molecule has 0 saturated heterocycles. The molecule has 0 bridgehead atoms. The minimum absolute atomic E-state index is 0.122. The molecule has 0 radical (unpaired) electrons. The Morgan fingerprint density at radius 2 is 2.08 bits per heavy atom. The summed E-state index contributed by atoms with van der Waals surface area (Å²) in [6, 6.07) is 5.19. The molecule has 5 nitrogen and oxygen atoms in total. The third kappa shape index (κ3) is 5.45. The number of aromatic amines is 1. The molecule has 0 fully saturated rings. The fraction of sp³-hybridized carbons (Fsp3) is 0.529. The summed E-state index contributed by atoms with van der Waals surface area (Å²) >= 11 is 17.3. The predicted molar refractivity (Wildman–Crippen MR) is 103 cm³/mol. The van der Waals surface area contributed by atoms with Crippen molar-refractivity contribution in [3.05, 3.63) is 39.3 Å². The van der Waals surface area contributed by atoms with Gasteiger partial charge in [0.25, 0.3) is 0 Å². The summed E-state index contributed by atoms with van der Waals surface area (Å²) in [6.07, 6.45) is 3.50. The fourth-order valence-electron chi connectivity index (χ4n) is 2.63. The standard InChI is InChI=1S/C17H23Cl2N3O2S/c1-11(2)16(23)13(22-17(25)20-10-21-22)7-3-4-9-24-14-8-5-6-12(18)15(14)19/h5-6,8,10-11,13,16,23H,3-4,7,9H2,1-2H3,(H,20,21,25). The van der Waals surface area contributed by atoms with Crippen LogP contribution < -0.4 is 4.74 Å². The SMILES string of the molecule is CC(C)C(O)C(CCCCOc1cccc(Cl)c1Cl)n1[nH]cnc1=S. The molecule has 0 aliphatic heterocycles. The first kappa shape index (κ1) is 20.2. The van der Waals surface area contributed by atoms with E-state index in [2.05, 4.69) is 10.1 Å². The van der Waals surface area contributed by atoms with E-state index in [0.717, 1.165) is 19.3 Å². The van der Waals surface area contributed by atoms with E-state index < -0.39 is 6.10 Å². The molecule has 1 aromatic heterocycles. The van der Waals surface area contributed by atoms with Crippen LogP contribution in [0.2, 0.25) is 10.0 Å². The molecular formula is C17H23Cl2N3O2S. The summed E-state index contributed by atoms with van der Waals surface area (Å²) in [4.78, 5) is 4.04. The summed E-state index contributed by atoms with van der Waals surface area (Å²) in [7, 11) is 0. The number of H-pyrrole nitrogens is 1. The molecule has 8 heteroatoms. The molecule has 25 heavy (non-hydrogen) atoms. The average Bonchev–Trinajstić information content (AvgIpc) is 2.99. The maximum absolute atomic E-state index is 10.5. The Morgan fingerprint density at radius 3 is 2.72 bits per heavy atom. The van der Waals surface area contributed by atoms with E-state index in [0.29, 0.717) is 27.2 Å². The van der Waals surface area contributed by atoms with Crippen LogP contribution in [-0.4, -0.2) is 32.6 Å². The quantitative estimate of drug-likeness (QED) is 0.453. The van der Waals surface area contributed by atoms with Crippen LogP contribution in [0.5, 0.6) is 5.75 Å². The van der Waals surface area contributed by atoms with Gasteiger partial charge >= 0.3 is 0 Å². The summed E-state index contributed by atoms with van der Waals surface area (Å²) < 4.78 is 7.90. The van der Waals surface area contributed by atoms with Crippen LogP contribution in [0, 0.1) is 10.7 Å². The number of hydrogen-bond donors (Lipinski definition) is 2. The number of hydrogen-bond acceptors (Lipinski definition) is 4. The molecule has 1 heterocycles. The molecular weight excluding hydrogens is 381 g/mol. The first-order valence-corrected chi connectivity index (χ1v) is 9.45. The van der Waals surface area contributed by atoms with Crippen LogP contribution in [-0.2, 0) is 0 Å². The van der Waals surface area contributed by atoms with Crippen molar-refractivity contribution in [2.75, 3.05) is 6.61 Å². The lowest BCUT2D eigenvalue weighted by Gasteiger charge is -2.26. The van der Waals surface area contributed by atoms with Crippen molar-refractivity contribution < 1.29 is 9.84 Å². The van der Waals surface area contributed by atoms with Gasteiger partial charge in [0.05, 0.1) is 23.8 Å². The molecule has 0 saturated carbocycles. The highest BCUT2D eigenvalue weighted by Crippen LogP contribution is 2.31. The first-order chi connectivity index (χ1) is 11.9. The second-order valence-corrected chi connectivity index (χ2v) is 7.39. The van der Waals surface area contributed by atoms with Crippen molar-refractivity contribution in [1.82, 2.24) is 14.8 Å². The monoisotopic (exact) mass is 403 g/mol. The maximum atomic E-state index is 10.5. The zero-order chi connectivity index (χ0) is 18.4. The Morgan fingerprint density at radius 1 is 1.32 bits per heavy atom. The van der Waals surface area contributed by atoms with Gasteiger partial charge in [-0.3, -0.25) is 9.78 Å². The van der Waals surface area contributed by atoms with E-state index in [1.165, 1.54) is 0 Å². The lowest BCUT2D eigenvalue weighted by atomic mass is 9.95. The minimum Gasteiger partial charge on any atom is -0.492 e. The van der Waals surface area contributed by atoms with Crippen LogP contribution in [0.15, 0.2) is 24.5 Å². The molecule has 2 N–H and O–H groups in total. The number of unbranched alkanes of at least 4 members (excludes halogenated alkanes) is 1. The van der Waals surface area contributed by atoms with Gasteiger partial charge in [0.15, 0.2) is 0 Å². The molecule has 0 amide bonds. The normalized spacial score (nSPS) is 13.8. The number of nitrogens with one attached hydrogen (secondary N) is 1. The second kappa shape index (κ2) is 9.57. The third-order valence-corrected chi connectivity index (χ3v) is 5.16. The molecule has 0 spiro atoms. The Bertz CT molecular complexity index is 733. The van der Waals surface area contributed by atoms with E-state index in [-0.39, 0.29) is 12.0 Å². The third-order valence-electron chi connectivity index (χ3n) is 4.05. The van der Waals surface area contributed by atoms with Crippen LogP contribution in [0.3, 0.4) is 0 Å². The number of ether oxygens (including phenoxy) is 1. The smallest absolute Gasteiger partial charge is 0.216 e.